The zero-order valence-corrected chi connectivity index (χ0v) is 22.2. The second-order valence-corrected chi connectivity index (χ2v) is 12.3. The first-order chi connectivity index (χ1) is 17.0. The molecule has 4 aliphatic rings. The number of hydrogen-bond acceptors (Lipinski definition) is 5. The highest BCUT2D eigenvalue weighted by Gasteiger charge is 2.75. The number of alkyl halides is 1. The van der Waals surface area contributed by atoms with Crippen LogP contribution in [0.5, 0.6) is 0 Å². The van der Waals surface area contributed by atoms with E-state index in [1.54, 1.807) is 13.0 Å². The van der Waals surface area contributed by atoms with Crippen LogP contribution in [0.15, 0.2) is 23.8 Å². The van der Waals surface area contributed by atoms with Crippen LogP contribution in [0.3, 0.4) is 0 Å². The summed E-state index contributed by atoms with van der Waals surface area (Å²) in [6, 6.07) is 0. The van der Waals surface area contributed by atoms with Gasteiger partial charge in [-0.25, -0.2) is 4.39 Å². The molecule has 0 aromatic heterocycles. The molecule has 0 aromatic rings. The van der Waals surface area contributed by atoms with E-state index in [1.165, 1.54) is 12.2 Å². The second-order valence-electron chi connectivity index (χ2n) is 12.3. The molecule has 1 amide bonds. The van der Waals surface area contributed by atoms with Gasteiger partial charge in [0.15, 0.2) is 17.1 Å². The number of nitrogens with two attached hydrogens (primary N) is 1. The fourth-order valence-corrected chi connectivity index (χ4v) is 8.34. The monoisotopic (exact) mass is 504 g/mol. The first-order valence-corrected chi connectivity index (χ1v) is 14.0. The smallest absolute Gasteiger partial charge is 0.252 e. The number of unbranched alkanes of at least 4 members (excludes halogenated alkanes) is 5. The Morgan fingerprint density at radius 3 is 2.53 bits per heavy atom. The lowest BCUT2D eigenvalue weighted by atomic mass is 9.44. The molecule has 0 bridgehead atoms. The molecule has 202 valence electrons. The van der Waals surface area contributed by atoms with Gasteiger partial charge >= 0.3 is 0 Å². The Kier molecular flexibility index (Phi) is 7.59. The number of carbonyl (C=O) groups is 2. The number of aliphatic hydroxyl groups excluding tert-OH is 1. The maximum absolute atomic E-state index is 17.2. The molecule has 4 aliphatic carbocycles. The third-order valence-electron chi connectivity index (χ3n) is 10.5. The second kappa shape index (κ2) is 9.95. The summed E-state index contributed by atoms with van der Waals surface area (Å²) in [5.74, 6) is -1.65. The topological polar surface area (TPSA) is 113 Å². The SMILES string of the molecule is C[C@@H]1C[C@H]2[C@@H]3CCC4=CC(=O)C=C[C@]4(C)[C@@]3(F)[C@@H](O)C[C@]2(C)[C@@]1(O)C(=O)NCCCCCCCCN. The third kappa shape index (κ3) is 3.92. The third-order valence-corrected chi connectivity index (χ3v) is 10.5. The molecule has 0 aromatic carbocycles. The van der Waals surface area contributed by atoms with E-state index in [0.29, 0.717) is 25.8 Å². The highest BCUT2D eigenvalue weighted by Crippen LogP contribution is 2.70. The summed E-state index contributed by atoms with van der Waals surface area (Å²) in [5, 5.41) is 26.4. The van der Waals surface area contributed by atoms with Crippen LogP contribution in [0.4, 0.5) is 4.39 Å². The molecule has 6 nitrogen and oxygen atoms in total. The van der Waals surface area contributed by atoms with Crippen molar-refractivity contribution in [1.29, 1.82) is 0 Å². The number of fused-ring (bicyclic) bond motifs is 5. The molecule has 8 atom stereocenters. The molecule has 0 saturated heterocycles. The van der Waals surface area contributed by atoms with E-state index in [0.717, 1.165) is 50.6 Å². The fraction of sp³-hybridized carbons (Fsp3) is 0.793. The van der Waals surface area contributed by atoms with Crippen molar-refractivity contribution >= 4 is 11.7 Å². The van der Waals surface area contributed by atoms with E-state index in [-0.39, 0.29) is 24.0 Å². The molecule has 0 heterocycles. The van der Waals surface area contributed by atoms with Crippen LogP contribution in [0.2, 0.25) is 0 Å². The number of ketones is 1. The minimum absolute atomic E-state index is 0.00469. The van der Waals surface area contributed by atoms with Crippen LogP contribution < -0.4 is 11.1 Å². The lowest BCUT2D eigenvalue weighted by Gasteiger charge is -2.62. The zero-order chi connectivity index (χ0) is 26.4. The van der Waals surface area contributed by atoms with Crippen molar-refractivity contribution in [3.05, 3.63) is 23.8 Å². The van der Waals surface area contributed by atoms with Crippen molar-refractivity contribution in [3.63, 3.8) is 0 Å². The van der Waals surface area contributed by atoms with Gasteiger partial charge in [-0.15, -0.1) is 0 Å². The Morgan fingerprint density at radius 2 is 1.83 bits per heavy atom. The minimum Gasteiger partial charge on any atom is -0.390 e. The molecule has 3 saturated carbocycles. The van der Waals surface area contributed by atoms with Gasteiger partial charge in [0.1, 0.15) is 0 Å². The maximum Gasteiger partial charge on any atom is 0.252 e. The predicted octanol–water partition coefficient (Wildman–Crippen LogP) is 3.75. The number of amides is 1. The number of hydrogen-bond donors (Lipinski definition) is 4. The Labute approximate surface area is 215 Å². The molecular weight excluding hydrogens is 459 g/mol. The van der Waals surface area contributed by atoms with Crippen molar-refractivity contribution in [2.24, 2.45) is 34.3 Å². The first kappa shape index (κ1) is 27.5. The molecule has 5 N–H and O–H groups in total. The number of aliphatic hydroxyl groups is 2. The average Bonchev–Trinajstić information content (AvgIpc) is 3.03. The van der Waals surface area contributed by atoms with Crippen molar-refractivity contribution in [1.82, 2.24) is 5.32 Å². The van der Waals surface area contributed by atoms with E-state index >= 15 is 4.39 Å². The van der Waals surface area contributed by atoms with Gasteiger partial charge in [-0.05, 0) is 76.0 Å². The molecule has 4 rings (SSSR count). The van der Waals surface area contributed by atoms with E-state index < -0.39 is 40.0 Å². The van der Waals surface area contributed by atoms with Crippen LogP contribution in [-0.2, 0) is 9.59 Å². The van der Waals surface area contributed by atoms with Crippen LogP contribution in [-0.4, -0.2) is 52.4 Å². The maximum atomic E-state index is 17.2. The highest BCUT2D eigenvalue weighted by molar-refractivity contribution is 6.01. The number of halogens is 1. The van der Waals surface area contributed by atoms with Gasteiger partial charge in [0.2, 0.25) is 0 Å². The molecule has 36 heavy (non-hydrogen) atoms. The molecule has 7 heteroatoms. The Morgan fingerprint density at radius 1 is 1.17 bits per heavy atom. The Hall–Kier alpha value is -1.57. The van der Waals surface area contributed by atoms with Gasteiger partial charge < -0.3 is 21.3 Å². The van der Waals surface area contributed by atoms with Crippen LogP contribution >= 0.6 is 0 Å². The fourth-order valence-electron chi connectivity index (χ4n) is 8.34. The lowest BCUT2D eigenvalue weighted by Crippen LogP contribution is -2.70. The van der Waals surface area contributed by atoms with Crippen LogP contribution in [0, 0.1) is 28.6 Å². The van der Waals surface area contributed by atoms with E-state index in [4.69, 9.17) is 5.73 Å². The van der Waals surface area contributed by atoms with Crippen LogP contribution in [0.25, 0.3) is 0 Å². The van der Waals surface area contributed by atoms with Gasteiger partial charge in [0.05, 0.1) is 6.10 Å². The van der Waals surface area contributed by atoms with Crippen LogP contribution in [0.1, 0.15) is 85.0 Å². The Balaban J connectivity index is 1.50. The van der Waals surface area contributed by atoms with Gasteiger partial charge in [-0.2, -0.15) is 0 Å². The van der Waals surface area contributed by atoms with Crippen molar-refractivity contribution < 1.29 is 24.2 Å². The molecule has 0 radical (unpaired) electrons. The number of nitrogens with one attached hydrogen (secondary N) is 1. The number of allylic oxidation sites excluding steroid dienone is 4. The zero-order valence-electron chi connectivity index (χ0n) is 22.2. The van der Waals surface area contributed by atoms with Crippen molar-refractivity contribution in [2.75, 3.05) is 13.1 Å². The van der Waals surface area contributed by atoms with Gasteiger partial charge in [0.25, 0.3) is 5.91 Å². The van der Waals surface area contributed by atoms with E-state index in [2.05, 4.69) is 5.32 Å². The number of carbonyl (C=O) groups excluding carboxylic acids is 2. The van der Waals surface area contributed by atoms with E-state index in [1.807, 2.05) is 13.8 Å². The summed E-state index contributed by atoms with van der Waals surface area (Å²) in [6.45, 7) is 6.75. The molecule has 3 fully saturated rings. The molecule has 0 spiro atoms. The lowest BCUT2D eigenvalue weighted by molar-refractivity contribution is -0.219. The molecule has 0 unspecified atom stereocenters. The first-order valence-electron chi connectivity index (χ1n) is 14.0. The predicted molar refractivity (Wildman–Crippen MR) is 138 cm³/mol. The van der Waals surface area contributed by atoms with Crippen molar-refractivity contribution in [2.45, 2.75) is 102 Å². The average molecular weight is 505 g/mol. The standard InChI is InChI=1S/C29H45FN2O4/c1-19-16-23-22-11-10-20-17-21(33)12-13-26(20,2)28(22,30)24(34)18-27(23,3)29(19,36)25(35)32-15-9-7-5-4-6-8-14-31/h12-13,17,19,22-24,34,36H,4-11,14-16,18,31H2,1-3H3,(H,32,35)/t19-,22+,23+,24+,26+,27+,28+,29+/m1/s1. The summed E-state index contributed by atoms with van der Waals surface area (Å²) in [4.78, 5) is 25.5. The van der Waals surface area contributed by atoms with E-state index in [9.17, 15) is 19.8 Å². The highest BCUT2D eigenvalue weighted by atomic mass is 19.1. The molecular formula is C29H45FN2O4. The summed E-state index contributed by atoms with van der Waals surface area (Å²) in [5.41, 5.74) is 0.633. The summed E-state index contributed by atoms with van der Waals surface area (Å²) >= 11 is 0. The summed E-state index contributed by atoms with van der Waals surface area (Å²) in [6.07, 6.45) is 11.1. The molecule has 0 aliphatic heterocycles. The Bertz CT molecular complexity index is 936. The van der Waals surface area contributed by atoms with Gasteiger partial charge in [-0.3, -0.25) is 9.59 Å². The van der Waals surface area contributed by atoms with Gasteiger partial charge in [0, 0.05) is 23.3 Å². The normalized spacial score (nSPS) is 43.4. The quantitative estimate of drug-likeness (QED) is 0.357. The summed E-state index contributed by atoms with van der Waals surface area (Å²) < 4.78 is 17.2. The van der Waals surface area contributed by atoms with Crippen molar-refractivity contribution in [3.8, 4) is 0 Å². The number of rotatable bonds is 9. The minimum atomic E-state index is -1.95. The summed E-state index contributed by atoms with van der Waals surface area (Å²) in [7, 11) is 0. The van der Waals surface area contributed by atoms with Gasteiger partial charge in [-0.1, -0.05) is 51.2 Å². The largest absolute Gasteiger partial charge is 0.390 e.